The molecule has 5 aromatic rings. The maximum atomic E-state index is 14.2. The van der Waals surface area contributed by atoms with Crippen LogP contribution in [0, 0.1) is 24.0 Å². The number of aromatic nitrogens is 1. The molecule has 0 atom stereocenters. The summed E-state index contributed by atoms with van der Waals surface area (Å²) in [4.78, 5) is 50.7. The Labute approximate surface area is 288 Å². The van der Waals surface area contributed by atoms with Gasteiger partial charge in [0.25, 0.3) is 17.7 Å². The number of nitrogens with one attached hydrogen (secondary N) is 2. The Balaban J connectivity index is 0.970. The summed E-state index contributed by atoms with van der Waals surface area (Å²) >= 11 is 2.68. The van der Waals surface area contributed by atoms with Crippen LogP contribution in [0.2, 0.25) is 0 Å². The van der Waals surface area contributed by atoms with Crippen LogP contribution in [0.25, 0.3) is 9.75 Å². The molecule has 2 saturated heterocycles. The number of hydrogen-bond donors (Lipinski definition) is 2. The smallest absolute Gasteiger partial charge is 0.265 e. The molecule has 2 aromatic carbocycles. The summed E-state index contributed by atoms with van der Waals surface area (Å²) < 4.78 is 33.7. The molecule has 248 valence electrons. The van der Waals surface area contributed by atoms with Crippen LogP contribution in [0.4, 0.5) is 31.7 Å². The number of nitrogens with zero attached hydrogens (tertiary/aromatic N) is 3. The van der Waals surface area contributed by atoms with Gasteiger partial charge in [-0.15, -0.1) is 22.7 Å². The number of para-hydroxylation sites is 1. The van der Waals surface area contributed by atoms with Crippen LogP contribution in [0.3, 0.4) is 0 Å². The van der Waals surface area contributed by atoms with Crippen LogP contribution in [-0.4, -0.2) is 55.6 Å². The van der Waals surface area contributed by atoms with E-state index in [1.54, 1.807) is 41.4 Å². The van der Waals surface area contributed by atoms with E-state index in [1.807, 2.05) is 24.4 Å². The number of aryl methyl sites for hydroxylation is 1. The van der Waals surface area contributed by atoms with Gasteiger partial charge in [0, 0.05) is 37.1 Å². The molecule has 6 heterocycles. The van der Waals surface area contributed by atoms with Crippen LogP contribution < -0.4 is 20.4 Å². The van der Waals surface area contributed by atoms with E-state index in [2.05, 4.69) is 20.5 Å². The fourth-order valence-corrected chi connectivity index (χ4v) is 8.67. The van der Waals surface area contributed by atoms with Crippen LogP contribution in [0.5, 0.6) is 0 Å². The molecule has 49 heavy (non-hydrogen) atoms. The molecule has 0 bridgehead atoms. The first kappa shape index (κ1) is 31.3. The fourth-order valence-electron chi connectivity index (χ4n) is 6.48. The Kier molecular flexibility index (Phi) is 7.77. The van der Waals surface area contributed by atoms with Crippen molar-refractivity contribution < 1.29 is 27.9 Å². The summed E-state index contributed by atoms with van der Waals surface area (Å²) in [6, 6.07) is 15.7. The van der Waals surface area contributed by atoms with Gasteiger partial charge in [-0.05, 0) is 84.4 Å². The zero-order chi connectivity index (χ0) is 33.9. The molecule has 0 aliphatic carbocycles. The maximum absolute atomic E-state index is 14.2. The van der Waals surface area contributed by atoms with E-state index in [9.17, 15) is 23.2 Å². The number of rotatable bonds is 6. The van der Waals surface area contributed by atoms with E-state index in [-0.39, 0.29) is 17.2 Å². The summed E-state index contributed by atoms with van der Waals surface area (Å²) in [5, 5.41) is 7.21. The highest BCUT2D eigenvalue weighted by Crippen LogP contribution is 2.45. The lowest BCUT2D eigenvalue weighted by atomic mass is 9.78. The minimum absolute atomic E-state index is 0.178. The molecular weight excluding hydrogens is 669 g/mol. The zero-order valence-corrected chi connectivity index (χ0v) is 27.9. The van der Waals surface area contributed by atoms with Crippen LogP contribution in [0.15, 0.2) is 72.2 Å². The number of carbonyl (C=O) groups excluding carboxylic acids is 3. The molecule has 8 rings (SSSR count). The van der Waals surface area contributed by atoms with E-state index in [1.165, 1.54) is 28.7 Å². The monoisotopic (exact) mass is 697 g/mol. The Morgan fingerprint density at radius 2 is 1.69 bits per heavy atom. The highest BCUT2D eigenvalue weighted by atomic mass is 32.1. The van der Waals surface area contributed by atoms with Gasteiger partial charge in [-0.2, -0.15) is 0 Å². The maximum Gasteiger partial charge on any atom is 0.265 e. The van der Waals surface area contributed by atoms with Crippen LogP contribution in [-0.2, 0) is 11.2 Å². The van der Waals surface area contributed by atoms with E-state index in [4.69, 9.17) is 4.74 Å². The number of ether oxygens (including phenoxy) is 1. The summed E-state index contributed by atoms with van der Waals surface area (Å²) in [5.41, 5.74) is 3.68. The van der Waals surface area contributed by atoms with Crippen molar-refractivity contribution in [1.82, 2.24) is 4.98 Å². The first-order valence-corrected chi connectivity index (χ1v) is 17.4. The largest absolute Gasteiger partial charge is 0.380 e. The molecule has 13 heteroatoms. The van der Waals surface area contributed by atoms with Crippen molar-refractivity contribution in [2.45, 2.75) is 13.3 Å². The van der Waals surface area contributed by atoms with E-state index in [0.717, 1.165) is 65.0 Å². The first-order chi connectivity index (χ1) is 23.7. The second-order valence-corrected chi connectivity index (χ2v) is 14.6. The van der Waals surface area contributed by atoms with Crippen LogP contribution in [0.1, 0.15) is 41.5 Å². The van der Waals surface area contributed by atoms with Crippen molar-refractivity contribution in [3.05, 3.63) is 111 Å². The van der Waals surface area contributed by atoms with Gasteiger partial charge in [0.15, 0.2) is 0 Å². The summed E-state index contributed by atoms with van der Waals surface area (Å²) in [6.07, 6.45) is 2.24. The van der Waals surface area contributed by atoms with Gasteiger partial charge in [-0.1, -0.05) is 6.07 Å². The predicted octanol–water partition coefficient (Wildman–Crippen LogP) is 7.00. The average molecular weight is 698 g/mol. The standard InChI is InChI=1S/C36H29F2N5O4S2/c1-20-13-24(32(39-15-20)42-16-36(17-42)18-47-19-36)33(44)40-23-7-5-21(6-8-23)35(46)43-11-9-22-14-28(49-30(22)31-27(43)10-12-48-31)34(45)41-29-25(37)3-2-4-26(29)38/h2-8,10,12-15H,9,11,16-19H2,1H3,(H,40,44)(H,41,45). The van der Waals surface area contributed by atoms with Gasteiger partial charge < -0.3 is 25.2 Å². The minimum Gasteiger partial charge on any atom is -0.380 e. The second-order valence-electron chi connectivity index (χ2n) is 12.6. The molecule has 2 N–H and O–H groups in total. The lowest BCUT2D eigenvalue weighted by Gasteiger charge is -2.55. The fraction of sp³-hybridized carbons (Fsp3) is 0.222. The first-order valence-electron chi connectivity index (χ1n) is 15.7. The average Bonchev–Trinajstić information content (AvgIpc) is 3.67. The lowest BCUT2D eigenvalue weighted by Crippen LogP contribution is -2.66. The highest BCUT2D eigenvalue weighted by Gasteiger charge is 2.50. The molecule has 3 amide bonds. The number of amides is 3. The lowest BCUT2D eigenvalue weighted by molar-refractivity contribution is -0.127. The Hall–Kier alpha value is -4.98. The predicted molar refractivity (Wildman–Crippen MR) is 186 cm³/mol. The quantitative estimate of drug-likeness (QED) is 0.198. The van der Waals surface area contributed by atoms with Gasteiger partial charge in [0.2, 0.25) is 0 Å². The molecule has 3 aromatic heterocycles. The van der Waals surface area contributed by atoms with Gasteiger partial charge in [-0.3, -0.25) is 14.4 Å². The van der Waals surface area contributed by atoms with Crippen molar-refractivity contribution in [2.75, 3.05) is 53.3 Å². The SMILES string of the molecule is Cc1cnc(N2CC3(COC3)C2)c(C(=O)Nc2ccc(C(=O)N3CCc4cc(C(=O)Nc5c(F)cccc5F)sc4-c4sccc43)cc2)c1. The Morgan fingerprint density at radius 3 is 2.41 bits per heavy atom. The molecule has 3 aliphatic rings. The molecule has 0 radical (unpaired) electrons. The topological polar surface area (TPSA) is 104 Å². The number of carbonyl (C=O) groups is 3. The third kappa shape index (κ3) is 5.67. The van der Waals surface area contributed by atoms with E-state index < -0.39 is 23.2 Å². The van der Waals surface area contributed by atoms with Gasteiger partial charge in [0.05, 0.1) is 44.5 Å². The number of anilines is 4. The van der Waals surface area contributed by atoms with E-state index >= 15 is 0 Å². The number of thiophene rings is 2. The van der Waals surface area contributed by atoms with Crippen molar-refractivity contribution in [3.63, 3.8) is 0 Å². The number of fused-ring (bicyclic) bond motifs is 3. The molecular formula is C36H29F2N5O4S2. The summed E-state index contributed by atoms with van der Waals surface area (Å²) in [5.74, 6) is -2.13. The third-order valence-electron chi connectivity index (χ3n) is 9.03. The second kappa shape index (κ2) is 12.2. The van der Waals surface area contributed by atoms with Crippen molar-refractivity contribution in [2.24, 2.45) is 5.41 Å². The van der Waals surface area contributed by atoms with Crippen molar-refractivity contribution in [3.8, 4) is 9.75 Å². The minimum atomic E-state index is -0.853. The number of hydrogen-bond acceptors (Lipinski definition) is 8. The van der Waals surface area contributed by atoms with Gasteiger partial charge in [0.1, 0.15) is 23.1 Å². The molecule has 9 nitrogen and oxygen atoms in total. The van der Waals surface area contributed by atoms with Crippen LogP contribution >= 0.6 is 22.7 Å². The zero-order valence-electron chi connectivity index (χ0n) is 26.2. The summed E-state index contributed by atoms with van der Waals surface area (Å²) in [7, 11) is 0. The van der Waals surface area contributed by atoms with Crippen molar-refractivity contribution in [1.29, 1.82) is 0 Å². The number of halogens is 2. The molecule has 3 aliphatic heterocycles. The highest BCUT2D eigenvalue weighted by molar-refractivity contribution is 7.23. The number of pyridine rings is 1. The summed E-state index contributed by atoms with van der Waals surface area (Å²) in [6.45, 7) is 5.36. The Bertz CT molecular complexity index is 2110. The molecule has 1 spiro atoms. The molecule has 0 saturated carbocycles. The molecule has 0 unspecified atom stereocenters. The molecule has 2 fully saturated rings. The van der Waals surface area contributed by atoms with E-state index in [0.29, 0.717) is 40.5 Å². The number of benzene rings is 2. The van der Waals surface area contributed by atoms with Crippen molar-refractivity contribution >= 4 is 63.3 Å². The van der Waals surface area contributed by atoms with Gasteiger partial charge >= 0.3 is 0 Å². The van der Waals surface area contributed by atoms with Gasteiger partial charge in [-0.25, -0.2) is 13.8 Å². The third-order valence-corrected chi connectivity index (χ3v) is 11.3. The normalized spacial score (nSPS) is 15.8. The Morgan fingerprint density at radius 1 is 0.939 bits per heavy atom.